The van der Waals surface area contributed by atoms with Gasteiger partial charge in [0.15, 0.2) is 0 Å². The van der Waals surface area contributed by atoms with Gasteiger partial charge in [0.2, 0.25) is 5.91 Å². The van der Waals surface area contributed by atoms with Gasteiger partial charge in [0, 0.05) is 10.2 Å². The zero-order valence-corrected chi connectivity index (χ0v) is 8.92. The monoisotopic (exact) mass is 257 g/mol. The maximum atomic E-state index is 12.5. The van der Waals surface area contributed by atoms with Crippen LogP contribution in [0.5, 0.6) is 0 Å². The van der Waals surface area contributed by atoms with Gasteiger partial charge in [-0.1, -0.05) is 15.9 Å². The maximum Gasteiger partial charge on any atom is 0.230 e. The second kappa shape index (κ2) is 3.69. The van der Waals surface area contributed by atoms with Gasteiger partial charge in [0.05, 0.1) is 5.92 Å². The lowest BCUT2D eigenvalue weighted by atomic mass is 10.3. The Hall–Kier alpha value is -0.900. The number of nitrogens with one attached hydrogen (secondary N) is 1. The van der Waals surface area contributed by atoms with E-state index in [4.69, 9.17) is 0 Å². The second-order valence-electron chi connectivity index (χ2n) is 3.35. The third-order valence-electron chi connectivity index (χ3n) is 2.16. The summed E-state index contributed by atoms with van der Waals surface area (Å²) in [7, 11) is 0. The molecule has 0 aromatic heterocycles. The van der Waals surface area contributed by atoms with Crippen molar-refractivity contribution in [2.75, 3.05) is 5.32 Å². The lowest BCUT2D eigenvalue weighted by molar-refractivity contribution is -0.117. The molecule has 1 N–H and O–H groups in total. The number of benzene rings is 1. The number of hydrogen-bond donors (Lipinski definition) is 1. The molecule has 1 fully saturated rings. The first-order valence-electron chi connectivity index (χ1n) is 4.37. The highest BCUT2D eigenvalue weighted by Gasteiger charge is 2.43. The van der Waals surface area contributed by atoms with Crippen molar-refractivity contribution in [2.45, 2.75) is 12.6 Å². The van der Waals surface area contributed by atoms with Crippen molar-refractivity contribution in [3.05, 3.63) is 28.7 Å². The molecule has 74 valence electrons. The van der Waals surface area contributed by atoms with Crippen molar-refractivity contribution in [3.8, 4) is 0 Å². The number of amides is 1. The van der Waals surface area contributed by atoms with Crippen LogP contribution in [0.1, 0.15) is 6.42 Å². The predicted molar refractivity (Wildman–Crippen MR) is 55.8 cm³/mol. The van der Waals surface area contributed by atoms with Gasteiger partial charge in [0.1, 0.15) is 6.17 Å². The highest BCUT2D eigenvalue weighted by Crippen LogP contribution is 2.34. The SMILES string of the molecule is O=C(Nc1ccc(Br)cc1)[C@@H]1C[C@@H]1F. The van der Waals surface area contributed by atoms with Crippen LogP contribution in [0.15, 0.2) is 28.7 Å². The predicted octanol–water partition coefficient (Wildman–Crippen LogP) is 2.75. The molecule has 2 nitrogen and oxygen atoms in total. The molecule has 1 aromatic rings. The first kappa shape index (κ1) is 9.65. The van der Waals surface area contributed by atoms with Crippen LogP contribution in [-0.2, 0) is 4.79 Å². The summed E-state index contributed by atoms with van der Waals surface area (Å²) in [5.41, 5.74) is 0.706. The maximum absolute atomic E-state index is 12.5. The van der Waals surface area contributed by atoms with Gasteiger partial charge in [-0.25, -0.2) is 4.39 Å². The van der Waals surface area contributed by atoms with Crippen LogP contribution >= 0.6 is 15.9 Å². The van der Waals surface area contributed by atoms with Crippen LogP contribution in [0.2, 0.25) is 0 Å². The highest BCUT2D eigenvalue weighted by atomic mass is 79.9. The molecule has 1 aliphatic carbocycles. The Kier molecular flexibility index (Phi) is 2.54. The molecular weight excluding hydrogens is 249 g/mol. The summed E-state index contributed by atoms with van der Waals surface area (Å²) < 4.78 is 13.5. The van der Waals surface area contributed by atoms with Crippen LogP contribution in [0.3, 0.4) is 0 Å². The van der Waals surface area contributed by atoms with E-state index in [2.05, 4.69) is 21.2 Å². The van der Waals surface area contributed by atoms with Crippen molar-refractivity contribution >= 4 is 27.5 Å². The minimum atomic E-state index is -0.939. The minimum Gasteiger partial charge on any atom is -0.326 e. The summed E-state index contributed by atoms with van der Waals surface area (Å²) >= 11 is 3.29. The number of halogens is 2. The van der Waals surface area contributed by atoms with Crippen LogP contribution in [0.25, 0.3) is 0 Å². The first-order chi connectivity index (χ1) is 6.66. The molecule has 14 heavy (non-hydrogen) atoms. The van der Waals surface area contributed by atoms with Gasteiger partial charge >= 0.3 is 0 Å². The van der Waals surface area contributed by atoms with Crippen molar-refractivity contribution < 1.29 is 9.18 Å². The van der Waals surface area contributed by atoms with Crippen LogP contribution in [-0.4, -0.2) is 12.1 Å². The fourth-order valence-corrected chi connectivity index (χ4v) is 1.47. The van der Waals surface area contributed by atoms with Gasteiger partial charge in [-0.15, -0.1) is 0 Å². The molecule has 1 aliphatic rings. The molecule has 0 radical (unpaired) electrons. The molecule has 2 atom stereocenters. The lowest BCUT2D eigenvalue weighted by Crippen LogP contribution is -2.14. The van der Waals surface area contributed by atoms with Gasteiger partial charge < -0.3 is 5.32 Å². The smallest absolute Gasteiger partial charge is 0.230 e. The Bertz CT molecular complexity index is 352. The lowest BCUT2D eigenvalue weighted by Gasteiger charge is -2.03. The van der Waals surface area contributed by atoms with Crippen LogP contribution in [0.4, 0.5) is 10.1 Å². The number of hydrogen-bond acceptors (Lipinski definition) is 1. The quantitative estimate of drug-likeness (QED) is 0.868. The minimum absolute atomic E-state index is 0.222. The van der Waals surface area contributed by atoms with Crippen molar-refractivity contribution in [1.82, 2.24) is 0 Å². The third-order valence-corrected chi connectivity index (χ3v) is 2.69. The van der Waals surface area contributed by atoms with Crippen LogP contribution in [0, 0.1) is 5.92 Å². The van der Waals surface area contributed by atoms with Crippen molar-refractivity contribution in [1.29, 1.82) is 0 Å². The Balaban J connectivity index is 1.97. The summed E-state index contributed by atoms with van der Waals surface area (Å²) in [6.45, 7) is 0. The normalized spacial score (nSPS) is 24.4. The number of carbonyl (C=O) groups is 1. The average molecular weight is 258 g/mol. The number of carbonyl (C=O) groups excluding carboxylic acids is 1. The van der Waals surface area contributed by atoms with Crippen molar-refractivity contribution in [3.63, 3.8) is 0 Å². The van der Waals surface area contributed by atoms with E-state index in [0.29, 0.717) is 12.1 Å². The topological polar surface area (TPSA) is 29.1 Å². The molecule has 2 rings (SSSR count). The van der Waals surface area contributed by atoms with Gasteiger partial charge in [-0.2, -0.15) is 0 Å². The van der Waals surface area contributed by atoms with E-state index in [1.165, 1.54) is 0 Å². The van der Waals surface area contributed by atoms with E-state index in [9.17, 15) is 9.18 Å². The molecule has 0 aliphatic heterocycles. The van der Waals surface area contributed by atoms with Gasteiger partial charge in [-0.3, -0.25) is 4.79 Å². The Labute approximate surface area is 89.6 Å². The largest absolute Gasteiger partial charge is 0.326 e. The van der Waals surface area contributed by atoms with Gasteiger partial charge in [-0.05, 0) is 30.7 Å². The van der Waals surface area contributed by atoms with Crippen molar-refractivity contribution in [2.24, 2.45) is 5.92 Å². The van der Waals surface area contributed by atoms with E-state index in [1.807, 2.05) is 12.1 Å². The number of alkyl halides is 1. The fraction of sp³-hybridized carbons (Fsp3) is 0.300. The zero-order valence-electron chi connectivity index (χ0n) is 7.34. The number of rotatable bonds is 2. The van der Waals surface area contributed by atoms with E-state index in [1.54, 1.807) is 12.1 Å². The highest BCUT2D eigenvalue weighted by molar-refractivity contribution is 9.10. The molecule has 0 heterocycles. The molecule has 0 spiro atoms. The third kappa shape index (κ3) is 2.12. The van der Waals surface area contributed by atoms with E-state index < -0.39 is 12.1 Å². The molecule has 0 saturated heterocycles. The van der Waals surface area contributed by atoms with Crippen LogP contribution < -0.4 is 5.32 Å². The molecule has 0 bridgehead atoms. The summed E-state index contributed by atoms with van der Waals surface area (Å²) in [5.74, 6) is -0.654. The first-order valence-corrected chi connectivity index (χ1v) is 5.16. The molecular formula is C10H9BrFNO. The van der Waals surface area contributed by atoms with E-state index in [-0.39, 0.29) is 5.91 Å². The standard InChI is InChI=1S/C10H9BrFNO/c11-6-1-3-7(4-2-6)13-10(14)8-5-9(8)12/h1-4,8-9H,5H2,(H,13,14)/t8-,9+/m1/s1. The summed E-state index contributed by atoms with van der Waals surface area (Å²) in [4.78, 5) is 11.3. The van der Waals surface area contributed by atoms with E-state index >= 15 is 0 Å². The second-order valence-corrected chi connectivity index (χ2v) is 4.27. The summed E-state index contributed by atoms with van der Waals surface area (Å²) in [6.07, 6.45) is -0.576. The zero-order chi connectivity index (χ0) is 10.1. The summed E-state index contributed by atoms with van der Waals surface area (Å²) in [6, 6.07) is 7.21. The number of anilines is 1. The van der Waals surface area contributed by atoms with E-state index in [0.717, 1.165) is 4.47 Å². The average Bonchev–Trinajstić information content (AvgIpc) is 2.87. The molecule has 1 amide bonds. The molecule has 1 saturated carbocycles. The van der Waals surface area contributed by atoms with Gasteiger partial charge in [0.25, 0.3) is 0 Å². The molecule has 0 unspecified atom stereocenters. The Morgan fingerprint density at radius 3 is 2.50 bits per heavy atom. The Morgan fingerprint density at radius 2 is 2.00 bits per heavy atom. The fourth-order valence-electron chi connectivity index (χ4n) is 1.20. The Morgan fingerprint density at radius 1 is 1.43 bits per heavy atom. The summed E-state index contributed by atoms with van der Waals surface area (Å²) in [5, 5.41) is 2.66. The molecule has 4 heteroatoms. The molecule has 1 aromatic carbocycles.